The predicted molar refractivity (Wildman–Crippen MR) is 133 cm³/mol. The fraction of sp³-hybridized carbons (Fsp3) is 0.667. The van der Waals surface area contributed by atoms with E-state index in [9.17, 15) is 14.4 Å². The second-order valence-electron chi connectivity index (χ2n) is 12.4. The van der Waals surface area contributed by atoms with Crippen molar-refractivity contribution in [2.75, 3.05) is 13.6 Å². The molecule has 0 heterocycles. The van der Waals surface area contributed by atoms with Gasteiger partial charge in [0.05, 0.1) is 19.3 Å². The van der Waals surface area contributed by atoms with Gasteiger partial charge in [0.2, 0.25) is 0 Å². The Morgan fingerprint density at radius 2 is 1.18 bits per heavy atom. The van der Waals surface area contributed by atoms with Crippen molar-refractivity contribution in [2.45, 2.75) is 87.7 Å². The highest BCUT2D eigenvalue weighted by Crippen LogP contribution is 2.34. The first-order valence-corrected chi connectivity index (χ1v) is 11.8. The molecule has 0 spiro atoms. The first kappa shape index (κ1) is 29.6. The lowest BCUT2D eigenvalue weighted by Gasteiger charge is -2.23. The molecule has 0 unspecified atom stereocenters. The van der Waals surface area contributed by atoms with E-state index < -0.39 is 18.0 Å². The van der Waals surface area contributed by atoms with Gasteiger partial charge in [-0.2, -0.15) is 0 Å². The average molecular weight is 478 g/mol. The normalized spacial score (nSPS) is 13.2. The number of hydrogen-bond acceptors (Lipinski definition) is 7. The van der Waals surface area contributed by atoms with Crippen molar-refractivity contribution < 1.29 is 28.6 Å². The first-order chi connectivity index (χ1) is 15.4. The van der Waals surface area contributed by atoms with E-state index in [4.69, 9.17) is 14.2 Å². The Morgan fingerprint density at radius 3 is 1.62 bits per heavy atom. The Morgan fingerprint density at radius 1 is 0.735 bits per heavy atom. The van der Waals surface area contributed by atoms with Crippen LogP contribution in [0.2, 0.25) is 0 Å². The third-order valence-electron chi connectivity index (χ3n) is 4.47. The molecule has 1 atom stereocenters. The van der Waals surface area contributed by atoms with E-state index in [1.165, 1.54) is 0 Å². The zero-order chi connectivity index (χ0) is 26.3. The summed E-state index contributed by atoms with van der Waals surface area (Å²) in [5.41, 5.74) is -0.0976. The molecule has 1 N–H and O–H groups in total. The quantitative estimate of drug-likeness (QED) is 0.365. The molecule has 1 rings (SSSR count). The van der Waals surface area contributed by atoms with Crippen molar-refractivity contribution >= 4 is 17.9 Å². The molecule has 0 aliphatic rings. The first-order valence-electron chi connectivity index (χ1n) is 11.8. The predicted octanol–water partition coefficient (Wildman–Crippen LogP) is 5.61. The van der Waals surface area contributed by atoms with Crippen molar-refractivity contribution in [3.8, 4) is 11.5 Å². The van der Waals surface area contributed by atoms with E-state index in [2.05, 4.69) is 5.32 Å². The van der Waals surface area contributed by atoms with Gasteiger partial charge in [0, 0.05) is 6.54 Å². The monoisotopic (exact) mass is 477 g/mol. The summed E-state index contributed by atoms with van der Waals surface area (Å²) in [7, 11) is 1.76. The van der Waals surface area contributed by atoms with Crippen LogP contribution in [0, 0.1) is 16.2 Å². The van der Waals surface area contributed by atoms with Crippen molar-refractivity contribution in [2.24, 2.45) is 16.2 Å². The van der Waals surface area contributed by atoms with E-state index in [0.717, 1.165) is 0 Å². The van der Waals surface area contributed by atoms with Crippen LogP contribution >= 0.6 is 0 Å². The van der Waals surface area contributed by atoms with Gasteiger partial charge in [-0.3, -0.25) is 14.4 Å². The average Bonchev–Trinajstić information content (AvgIpc) is 2.58. The van der Waals surface area contributed by atoms with Gasteiger partial charge in [-0.15, -0.1) is 0 Å². The Labute approximate surface area is 204 Å². The number of nitrogens with one attached hydrogen (secondary N) is 1. The summed E-state index contributed by atoms with van der Waals surface area (Å²) in [6.45, 7) is 17.9. The summed E-state index contributed by atoms with van der Waals surface area (Å²) in [4.78, 5) is 37.5. The SMILES string of the molecule is CNC[C@H](OC(=O)CC(C)(C)C)c1ccc(OC(=O)CC(C)(C)C)c(OC(=O)CC(C)(C)C)c1. The van der Waals surface area contributed by atoms with Gasteiger partial charge < -0.3 is 19.5 Å². The van der Waals surface area contributed by atoms with Crippen LogP contribution in [0.5, 0.6) is 11.5 Å². The molecule has 0 aliphatic carbocycles. The molecular weight excluding hydrogens is 434 g/mol. The molecule has 192 valence electrons. The number of rotatable bonds is 9. The molecule has 7 nitrogen and oxygen atoms in total. The van der Waals surface area contributed by atoms with E-state index in [1.807, 2.05) is 62.3 Å². The summed E-state index contributed by atoms with van der Waals surface area (Å²) in [5.74, 6) is -0.893. The van der Waals surface area contributed by atoms with E-state index >= 15 is 0 Å². The lowest BCUT2D eigenvalue weighted by atomic mass is 9.92. The topological polar surface area (TPSA) is 90.9 Å². The summed E-state index contributed by atoms with van der Waals surface area (Å²) in [6, 6.07) is 4.90. The highest BCUT2D eigenvalue weighted by molar-refractivity contribution is 5.77. The molecule has 0 bridgehead atoms. The van der Waals surface area contributed by atoms with Crippen molar-refractivity contribution in [1.29, 1.82) is 0 Å². The number of carbonyl (C=O) groups is 3. The van der Waals surface area contributed by atoms with Crippen molar-refractivity contribution in [3.63, 3.8) is 0 Å². The maximum absolute atomic E-state index is 12.6. The molecule has 0 amide bonds. The van der Waals surface area contributed by atoms with Gasteiger partial charge in [-0.1, -0.05) is 68.4 Å². The highest BCUT2D eigenvalue weighted by atomic mass is 16.6. The number of carbonyl (C=O) groups excluding carboxylic acids is 3. The molecule has 1 aromatic rings. The number of esters is 3. The van der Waals surface area contributed by atoms with Crippen LogP contribution in [0.1, 0.15) is 93.2 Å². The lowest BCUT2D eigenvalue weighted by molar-refractivity contribution is -0.151. The second kappa shape index (κ2) is 11.8. The van der Waals surface area contributed by atoms with Gasteiger partial charge in [0.15, 0.2) is 11.5 Å². The van der Waals surface area contributed by atoms with E-state index in [0.29, 0.717) is 12.1 Å². The fourth-order valence-electron chi connectivity index (χ4n) is 3.12. The minimum Gasteiger partial charge on any atom is -0.456 e. The Bertz CT molecular complexity index is 855. The Kier molecular flexibility index (Phi) is 10.3. The van der Waals surface area contributed by atoms with Crippen molar-refractivity contribution in [1.82, 2.24) is 5.32 Å². The zero-order valence-electron chi connectivity index (χ0n) is 22.6. The maximum Gasteiger partial charge on any atom is 0.311 e. The third kappa shape index (κ3) is 12.2. The zero-order valence-corrected chi connectivity index (χ0v) is 22.6. The highest BCUT2D eigenvalue weighted by Gasteiger charge is 2.25. The van der Waals surface area contributed by atoms with E-state index in [1.54, 1.807) is 25.2 Å². The Balaban J connectivity index is 3.27. The minimum absolute atomic E-state index is 0.127. The van der Waals surface area contributed by atoms with Gasteiger partial charge in [-0.05, 0) is 41.0 Å². The number of ether oxygens (including phenoxy) is 3. The largest absolute Gasteiger partial charge is 0.456 e. The van der Waals surface area contributed by atoms with Crippen LogP contribution in [0.4, 0.5) is 0 Å². The molecule has 0 aliphatic heterocycles. The van der Waals surface area contributed by atoms with Gasteiger partial charge >= 0.3 is 17.9 Å². The van der Waals surface area contributed by atoms with Crippen LogP contribution in [0.15, 0.2) is 18.2 Å². The minimum atomic E-state index is -0.598. The molecule has 0 aromatic heterocycles. The maximum atomic E-state index is 12.6. The molecule has 0 saturated heterocycles. The molecule has 7 heteroatoms. The van der Waals surface area contributed by atoms with Crippen LogP contribution in [0.3, 0.4) is 0 Å². The number of likely N-dealkylation sites (N-methyl/N-ethyl adjacent to an activating group) is 1. The molecule has 0 fully saturated rings. The van der Waals surface area contributed by atoms with Crippen molar-refractivity contribution in [3.05, 3.63) is 23.8 Å². The van der Waals surface area contributed by atoms with Crippen LogP contribution in [-0.2, 0) is 19.1 Å². The summed E-state index contributed by atoms with van der Waals surface area (Å²) >= 11 is 0. The van der Waals surface area contributed by atoms with Crippen LogP contribution < -0.4 is 14.8 Å². The molecule has 0 saturated carbocycles. The van der Waals surface area contributed by atoms with Gasteiger partial charge in [0.25, 0.3) is 0 Å². The van der Waals surface area contributed by atoms with Gasteiger partial charge in [-0.25, -0.2) is 0 Å². The van der Waals surface area contributed by atoms with E-state index in [-0.39, 0.29) is 53.0 Å². The molecule has 1 aromatic carbocycles. The van der Waals surface area contributed by atoms with Crippen LogP contribution in [-0.4, -0.2) is 31.5 Å². The standard InChI is InChI=1S/C27H43NO6/c1-25(2,3)14-22(29)32-19-12-11-18(13-20(19)33-23(30)15-26(4,5)6)21(17-28-10)34-24(31)16-27(7,8)9/h11-13,21,28H,14-17H2,1-10H3/t21-/m0/s1. The smallest absolute Gasteiger partial charge is 0.311 e. The summed E-state index contributed by atoms with van der Waals surface area (Å²) < 4.78 is 16.9. The third-order valence-corrected chi connectivity index (χ3v) is 4.47. The summed E-state index contributed by atoms with van der Waals surface area (Å²) in [6.07, 6.45) is 0.0620. The number of benzene rings is 1. The number of hydrogen-bond donors (Lipinski definition) is 1. The Hall–Kier alpha value is -2.41. The second-order valence-corrected chi connectivity index (χ2v) is 12.4. The lowest BCUT2D eigenvalue weighted by Crippen LogP contribution is -2.25. The molecular formula is C27H43NO6. The fourth-order valence-corrected chi connectivity index (χ4v) is 3.12. The molecule has 0 radical (unpaired) electrons. The summed E-state index contributed by atoms with van der Waals surface area (Å²) in [5, 5.41) is 3.03. The van der Waals surface area contributed by atoms with Crippen LogP contribution in [0.25, 0.3) is 0 Å². The van der Waals surface area contributed by atoms with Gasteiger partial charge in [0.1, 0.15) is 6.10 Å². The molecule has 34 heavy (non-hydrogen) atoms.